The van der Waals surface area contributed by atoms with Crippen LogP contribution in [0, 0.1) is 0 Å². The van der Waals surface area contributed by atoms with Crippen molar-refractivity contribution in [2.45, 2.75) is 44.3 Å². The number of allylic oxidation sites excluding steroid dienone is 1. The molecule has 0 bridgehead atoms. The fraction of sp³-hybridized carbons (Fsp3) is 0.423. The van der Waals surface area contributed by atoms with E-state index in [9.17, 15) is 4.79 Å². The van der Waals surface area contributed by atoms with Crippen molar-refractivity contribution in [3.8, 4) is 11.3 Å². The van der Waals surface area contributed by atoms with Gasteiger partial charge in [0.25, 0.3) is 0 Å². The van der Waals surface area contributed by atoms with Crippen LogP contribution in [-0.2, 0) is 11.3 Å². The molecule has 3 aromatic rings. The molecule has 0 spiro atoms. The van der Waals surface area contributed by atoms with Gasteiger partial charge in [-0.25, -0.2) is 4.98 Å². The van der Waals surface area contributed by atoms with E-state index in [1.165, 1.54) is 24.1 Å². The third kappa shape index (κ3) is 4.63. The number of rotatable bonds is 7. The monoisotopic (exact) mass is 489 g/mol. The van der Waals surface area contributed by atoms with Crippen molar-refractivity contribution >= 4 is 34.8 Å². The maximum atomic E-state index is 11.8. The normalized spacial score (nSPS) is 22.1. The van der Waals surface area contributed by atoms with Gasteiger partial charge in [0.15, 0.2) is 5.65 Å². The molecule has 3 aliphatic rings. The quantitative estimate of drug-likeness (QED) is 0.528. The van der Waals surface area contributed by atoms with Crippen LogP contribution in [0.1, 0.15) is 36.1 Å². The molecule has 9 heteroatoms. The van der Waals surface area contributed by atoms with Crippen LogP contribution in [0.4, 0.5) is 5.82 Å². The van der Waals surface area contributed by atoms with Gasteiger partial charge in [0.05, 0.1) is 18.3 Å². The third-order valence-corrected chi connectivity index (χ3v) is 8.02. The van der Waals surface area contributed by atoms with Gasteiger partial charge in [-0.3, -0.25) is 9.69 Å². The van der Waals surface area contributed by atoms with Crippen molar-refractivity contribution in [3.63, 3.8) is 0 Å². The summed E-state index contributed by atoms with van der Waals surface area (Å²) >= 11 is 1.80. The van der Waals surface area contributed by atoms with Crippen molar-refractivity contribution in [2.24, 2.45) is 0 Å². The number of carbonyl (C=O) groups excluding carboxylic acids is 1. The molecule has 1 saturated carbocycles. The summed E-state index contributed by atoms with van der Waals surface area (Å²) in [5.74, 6) is 0.931. The molecule has 2 aliphatic heterocycles. The first kappa shape index (κ1) is 22.5. The largest absolute Gasteiger partial charge is 0.367 e. The summed E-state index contributed by atoms with van der Waals surface area (Å²) in [7, 11) is 4.34. The van der Waals surface area contributed by atoms with Crippen LogP contribution in [0.15, 0.2) is 41.6 Å². The number of nitrogens with one attached hydrogen (secondary N) is 2. The van der Waals surface area contributed by atoms with E-state index >= 15 is 0 Å². The van der Waals surface area contributed by atoms with E-state index in [2.05, 4.69) is 63.7 Å². The second-order valence-corrected chi connectivity index (χ2v) is 11.1. The number of aromatic nitrogens is 3. The highest BCUT2D eigenvalue weighted by molar-refractivity contribution is 7.10. The second kappa shape index (κ2) is 8.89. The number of thiophene rings is 1. The van der Waals surface area contributed by atoms with E-state index in [1.54, 1.807) is 11.3 Å². The molecular weight excluding hydrogens is 458 g/mol. The third-order valence-electron chi connectivity index (χ3n) is 7.09. The number of hydrogen-bond acceptors (Lipinski definition) is 7. The molecule has 1 amide bonds. The summed E-state index contributed by atoms with van der Waals surface area (Å²) in [5, 5.41) is 13.2. The van der Waals surface area contributed by atoms with Crippen molar-refractivity contribution < 1.29 is 4.79 Å². The molecule has 35 heavy (non-hydrogen) atoms. The zero-order valence-electron chi connectivity index (χ0n) is 20.3. The van der Waals surface area contributed by atoms with Crippen molar-refractivity contribution in [3.05, 3.63) is 52.0 Å². The van der Waals surface area contributed by atoms with Gasteiger partial charge in [-0.1, -0.05) is 6.58 Å². The predicted octanol–water partition coefficient (Wildman–Crippen LogP) is 3.59. The van der Waals surface area contributed by atoms with E-state index in [0.717, 1.165) is 53.5 Å². The van der Waals surface area contributed by atoms with Crippen LogP contribution in [0.3, 0.4) is 0 Å². The Labute approximate surface area is 209 Å². The Balaban J connectivity index is 1.31. The molecule has 3 fully saturated rings. The predicted molar refractivity (Wildman–Crippen MR) is 140 cm³/mol. The number of carbonyl (C=O) groups is 1. The molecule has 1 atom stereocenters. The molecule has 182 valence electrons. The van der Waals surface area contributed by atoms with E-state index in [4.69, 9.17) is 4.98 Å². The Hall–Kier alpha value is -3.01. The van der Waals surface area contributed by atoms with E-state index in [-0.39, 0.29) is 5.91 Å². The molecule has 3 aromatic heterocycles. The summed E-state index contributed by atoms with van der Waals surface area (Å²) < 4.78 is 1.88. The Morgan fingerprint density at radius 2 is 2.17 bits per heavy atom. The number of hydrogen-bond donors (Lipinski definition) is 2. The highest BCUT2D eigenvalue weighted by Crippen LogP contribution is 2.32. The van der Waals surface area contributed by atoms with E-state index in [0.29, 0.717) is 24.2 Å². The Morgan fingerprint density at radius 1 is 1.31 bits per heavy atom. The lowest BCUT2D eigenvalue weighted by Gasteiger charge is -2.19. The minimum atomic E-state index is -0.0248. The van der Waals surface area contributed by atoms with Crippen LogP contribution in [0.2, 0.25) is 0 Å². The number of likely N-dealkylation sites (N-methyl/N-ethyl adjacent to an activating group) is 1. The second-order valence-electron chi connectivity index (χ2n) is 10.1. The van der Waals surface area contributed by atoms with E-state index in [1.807, 2.05) is 16.8 Å². The summed E-state index contributed by atoms with van der Waals surface area (Å²) in [6.07, 6.45) is 7.72. The zero-order chi connectivity index (χ0) is 24.1. The number of likely N-dealkylation sites (tertiary alicyclic amines) is 1. The lowest BCUT2D eigenvalue weighted by Crippen LogP contribution is -2.31. The maximum absolute atomic E-state index is 11.8. The summed E-state index contributed by atoms with van der Waals surface area (Å²) in [4.78, 5) is 23.1. The molecule has 2 N–H and O–H groups in total. The molecule has 1 unspecified atom stereocenters. The Kier molecular flexibility index (Phi) is 5.70. The fourth-order valence-electron chi connectivity index (χ4n) is 4.86. The molecule has 6 rings (SSSR count). The molecule has 2 saturated heterocycles. The van der Waals surface area contributed by atoms with Gasteiger partial charge in [-0.15, -0.1) is 11.3 Å². The SMILES string of the molecule is C=C1NC(=O)C/C1=C\c1cnn2c(NC3CC3)cc(-c3csc(CN4CCC(N(C)C)C4)c3)nc12. The summed E-state index contributed by atoms with van der Waals surface area (Å²) in [6, 6.07) is 5.53. The van der Waals surface area contributed by atoms with Gasteiger partial charge >= 0.3 is 0 Å². The van der Waals surface area contributed by atoms with E-state index < -0.39 is 0 Å². The highest BCUT2D eigenvalue weighted by atomic mass is 32.1. The van der Waals surface area contributed by atoms with Crippen molar-refractivity contribution in [1.29, 1.82) is 0 Å². The fourth-order valence-corrected chi connectivity index (χ4v) is 5.78. The summed E-state index contributed by atoms with van der Waals surface area (Å²) in [5.41, 5.74) is 5.29. The lowest BCUT2D eigenvalue weighted by atomic mass is 10.1. The molecule has 0 radical (unpaired) electrons. The van der Waals surface area contributed by atoms with Gasteiger partial charge in [-0.2, -0.15) is 9.61 Å². The smallest absolute Gasteiger partial charge is 0.228 e. The Morgan fingerprint density at radius 3 is 2.89 bits per heavy atom. The average Bonchev–Trinajstić information content (AvgIpc) is 3.18. The first-order chi connectivity index (χ1) is 16.9. The van der Waals surface area contributed by atoms with Crippen LogP contribution in [-0.4, -0.2) is 69.6 Å². The summed E-state index contributed by atoms with van der Waals surface area (Å²) in [6.45, 7) is 7.22. The van der Waals surface area contributed by atoms with Crippen LogP contribution < -0.4 is 10.6 Å². The van der Waals surface area contributed by atoms with Gasteiger partial charge < -0.3 is 15.5 Å². The number of nitrogens with zero attached hydrogens (tertiary/aromatic N) is 5. The standard InChI is InChI=1S/C26H31N7OS/c1-16-17(10-25(34)28-16)8-18-12-27-33-24(29-20-4-5-20)11-23(30-26(18)33)19-9-22(35-15-19)14-32-7-6-21(13-32)31(2)3/h8-9,11-12,15,20-21,29H,1,4-7,10,13-14H2,2-3H3,(H,28,34)/b17-8+. The minimum Gasteiger partial charge on any atom is -0.367 e. The van der Waals surface area contributed by atoms with Gasteiger partial charge in [0.1, 0.15) is 5.82 Å². The Bertz CT molecular complexity index is 1330. The first-order valence-corrected chi connectivity index (χ1v) is 13.1. The van der Waals surface area contributed by atoms with Crippen molar-refractivity contribution in [1.82, 2.24) is 29.7 Å². The minimum absolute atomic E-state index is 0.0248. The van der Waals surface area contributed by atoms with Crippen molar-refractivity contribution in [2.75, 3.05) is 32.5 Å². The maximum Gasteiger partial charge on any atom is 0.228 e. The molecular formula is C26H31N7OS. The topological polar surface area (TPSA) is 77.8 Å². The molecule has 5 heterocycles. The van der Waals surface area contributed by atoms with Gasteiger partial charge in [0.2, 0.25) is 5.91 Å². The number of fused-ring (bicyclic) bond motifs is 1. The first-order valence-electron chi connectivity index (χ1n) is 12.2. The van der Waals surface area contributed by atoms with Crippen LogP contribution in [0.5, 0.6) is 0 Å². The van der Waals surface area contributed by atoms with Gasteiger partial charge in [-0.05, 0) is 51.1 Å². The molecule has 8 nitrogen and oxygen atoms in total. The van der Waals surface area contributed by atoms with Crippen LogP contribution in [0.25, 0.3) is 23.0 Å². The average molecular weight is 490 g/mol. The number of anilines is 1. The molecule has 0 aromatic carbocycles. The number of amides is 1. The van der Waals surface area contributed by atoms with Crippen LogP contribution >= 0.6 is 11.3 Å². The molecule has 1 aliphatic carbocycles. The highest BCUT2D eigenvalue weighted by Gasteiger charge is 2.26. The zero-order valence-corrected chi connectivity index (χ0v) is 21.1. The van der Waals surface area contributed by atoms with Gasteiger partial charge in [0, 0.05) is 64.9 Å². The lowest BCUT2D eigenvalue weighted by molar-refractivity contribution is -0.118.